The first-order chi connectivity index (χ1) is 2.56. The van der Waals surface area contributed by atoms with Crippen LogP contribution in [0.3, 0.4) is 0 Å². The Kier molecular flexibility index (Phi) is 2.44. The van der Waals surface area contributed by atoms with Crippen molar-refractivity contribution < 1.29 is 36.9 Å². The molecule has 0 amide bonds. The summed E-state index contributed by atoms with van der Waals surface area (Å²) >= 11 is 1.13. The van der Waals surface area contributed by atoms with Crippen LogP contribution in [-0.4, -0.2) is 9.79 Å². The Morgan fingerprint density at radius 1 is 1.67 bits per heavy atom. The molecule has 0 fully saturated rings. The van der Waals surface area contributed by atoms with Gasteiger partial charge in [-0.25, -0.2) is 0 Å². The molecule has 0 aromatic carbocycles. The van der Waals surface area contributed by atoms with Gasteiger partial charge in [-0.05, 0) is 0 Å². The number of hydrogen-bond donors (Lipinski definition) is 2. The number of phosphoric acid groups is 1. The maximum atomic E-state index is 9.46. The third-order valence-electron chi connectivity index (χ3n) is 0.0899. The van der Waals surface area contributed by atoms with Crippen molar-refractivity contribution in [3.63, 3.8) is 0 Å². The van der Waals surface area contributed by atoms with E-state index >= 15 is 0 Å². The zero-order valence-corrected chi connectivity index (χ0v) is 5.29. The molecular formula is H2O4PTc. The molecule has 0 radical (unpaired) electrons. The van der Waals surface area contributed by atoms with Gasteiger partial charge >= 0.3 is 44.7 Å². The third-order valence-corrected chi connectivity index (χ3v) is 1.60. The Bertz CT molecular complexity index is 71.6. The molecule has 0 atom stereocenters. The van der Waals surface area contributed by atoms with Crippen molar-refractivity contribution in [2.45, 2.75) is 0 Å². The van der Waals surface area contributed by atoms with Gasteiger partial charge in [0, 0.05) is 0 Å². The van der Waals surface area contributed by atoms with E-state index in [4.69, 9.17) is 9.79 Å². The van der Waals surface area contributed by atoms with Crippen LogP contribution in [0.15, 0.2) is 0 Å². The van der Waals surface area contributed by atoms with Crippen LogP contribution < -0.4 is 0 Å². The molecule has 2 N–H and O–H groups in total. The molecule has 0 saturated heterocycles. The van der Waals surface area contributed by atoms with Crippen LogP contribution in [0.4, 0.5) is 0 Å². The summed E-state index contributed by atoms with van der Waals surface area (Å²) in [5, 5.41) is 0. The fraction of sp³-hybridized carbons (Fsp3) is 0. The molecule has 0 aliphatic heterocycles. The standard InChI is InChI=1S/H3O4P.Tc/c1-5(2,3)4;/h(H3,1,2,3,4);/q;+1/p-1. The van der Waals surface area contributed by atoms with Gasteiger partial charge in [0.15, 0.2) is 0 Å². The minimum atomic E-state index is -4.16. The second-order valence-electron chi connectivity index (χ2n) is 0.560. The average molecular weight is 195 g/mol. The Balaban J connectivity index is 3.48. The molecule has 4 nitrogen and oxygen atoms in total. The van der Waals surface area contributed by atoms with Crippen molar-refractivity contribution in [1.29, 1.82) is 0 Å². The second kappa shape index (κ2) is 2.17. The number of rotatable bonds is 1. The van der Waals surface area contributed by atoms with Crippen molar-refractivity contribution in [2.75, 3.05) is 0 Å². The third kappa shape index (κ3) is 4.76. The van der Waals surface area contributed by atoms with Crippen molar-refractivity contribution in [3.8, 4) is 0 Å². The molecule has 0 heterocycles. The maximum absolute atomic E-state index is 9.46. The van der Waals surface area contributed by atoms with Gasteiger partial charge in [-0.15, -0.1) is 0 Å². The second-order valence-corrected chi connectivity index (χ2v) is 2.70. The molecule has 0 aromatic heterocycles. The number of hydrogen-bond acceptors (Lipinski definition) is 2. The van der Waals surface area contributed by atoms with E-state index in [0.717, 1.165) is 19.3 Å². The van der Waals surface area contributed by atoms with E-state index in [1.54, 1.807) is 0 Å². The van der Waals surface area contributed by atoms with Crippen molar-refractivity contribution in [1.82, 2.24) is 0 Å². The molecule has 0 saturated carbocycles. The zero-order valence-electron chi connectivity index (χ0n) is 2.54. The summed E-state index contributed by atoms with van der Waals surface area (Å²) in [4.78, 5) is 15.4. The summed E-state index contributed by atoms with van der Waals surface area (Å²) in [7, 11) is -4.16. The topological polar surface area (TPSA) is 66.8 Å². The van der Waals surface area contributed by atoms with E-state index in [2.05, 4.69) is 3.28 Å². The Hall–Kier alpha value is 0.759. The fourth-order valence-electron chi connectivity index (χ4n) is 0. The van der Waals surface area contributed by atoms with Gasteiger partial charge in [0.1, 0.15) is 0 Å². The van der Waals surface area contributed by atoms with Gasteiger partial charge in [-0.1, -0.05) is 0 Å². The zero-order chi connectivity index (χ0) is 5.21. The summed E-state index contributed by atoms with van der Waals surface area (Å²) in [6, 6.07) is 0. The van der Waals surface area contributed by atoms with Gasteiger partial charge < -0.3 is 0 Å². The fourth-order valence-corrected chi connectivity index (χ4v) is 0. The van der Waals surface area contributed by atoms with Gasteiger partial charge in [-0.3, -0.25) is 0 Å². The molecule has 0 spiro atoms. The summed E-state index contributed by atoms with van der Waals surface area (Å²) in [6.45, 7) is 0. The molecule has 0 bridgehead atoms. The normalized spacial score (nSPS) is 11.8. The Labute approximate surface area is 45.3 Å². The van der Waals surface area contributed by atoms with Gasteiger partial charge in [-0.2, -0.15) is 0 Å². The molecule has 38 valence electrons. The average Bonchev–Trinajstić information content (AvgIpc) is 1.35. The molecule has 0 rings (SSSR count). The van der Waals surface area contributed by atoms with Gasteiger partial charge in [0.05, 0.1) is 0 Å². The van der Waals surface area contributed by atoms with Crippen LogP contribution in [0.1, 0.15) is 0 Å². The van der Waals surface area contributed by atoms with Crippen LogP contribution in [0.5, 0.6) is 0 Å². The van der Waals surface area contributed by atoms with Gasteiger partial charge in [0.25, 0.3) is 0 Å². The van der Waals surface area contributed by atoms with Crippen LogP contribution in [0.25, 0.3) is 0 Å². The van der Waals surface area contributed by atoms with Crippen LogP contribution in [0, 0.1) is 0 Å². The molecule has 0 aliphatic rings. The molecular weight excluding hydrogens is 193 g/mol. The molecule has 6 heteroatoms. The predicted molar refractivity (Wildman–Crippen MR) is 13.1 cm³/mol. The van der Waals surface area contributed by atoms with E-state index in [1.807, 2.05) is 0 Å². The van der Waals surface area contributed by atoms with E-state index < -0.39 is 7.82 Å². The summed E-state index contributed by atoms with van der Waals surface area (Å²) in [5.74, 6) is 0. The minimum absolute atomic E-state index is 1.13. The predicted octanol–water partition coefficient (Wildman–Crippen LogP) is -0.443. The van der Waals surface area contributed by atoms with E-state index in [0.29, 0.717) is 0 Å². The van der Waals surface area contributed by atoms with E-state index in [1.165, 1.54) is 0 Å². The van der Waals surface area contributed by atoms with E-state index in [9.17, 15) is 4.57 Å². The summed E-state index contributed by atoms with van der Waals surface area (Å²) in [5.41, 5.74) is 0. The first-order valence-electron chi connectivity index (χ1n) is 0.919. The SMILES string of the molecule is O=P(O)(O)[O][Tc]. The summed E-state index contributed by atoms with van der Waals surface area (Å²) in [6.07, 6.45) is 0. The Morgan fingerprint density at radius 2 is 1.83 bits per heavy atom. The molecule has 6 heavy (non-hydrogen) atoms. The van der Waals surface area contributed by atoms with Crippen molar-refractivity contribution >= 4 is 7.82 Å². The van der Waals surface area contributed by atoms with Crippen LogP contribution in [0.2, 0.25) is 0 Å². The Morgan fingerprint density at radius 3 is 1.83 bits per heavy atom. The van der Waals surface area contributed by atoms with Crippen molar-refractivity contribution in [2.24, 2.45) is 0 Å². The van der Waals surface area contributed by atoms with Gasteiger partial charge in [0.2, 0.25) is 0 Å². The molecule has 0 unspecified atom stereocenters. The van der Waals surface area contributed by atoms with Crippen LogP contribution in [-0.2, 0) is 27.1 Å². The molecule has 0 aliphatic carbocycles. The summed E-state index contributed by atoms with van der Waals surface area (Å²) < 4.78 is 13.0. The first kappa shape index (κ1) is 6.76. The first-order valence-corrected chi connectivity index (χ1v) is 3.21. The molecule has 0 aromatic rings. The van der Waals surface area contributed by atoms with Crippen LogP contribution >= 0.6 is 7.82 Å². The quantitative estimate of drug-likeness (QED) is 0.556. The monoisotopic (exact) mass is 194 g/mol. The van der Waals surface area contributed by atoms with Crippen molar-refractivity contribution in [3.05, 3.63) is 0 Å². The van der Waals surface area contributed by atoms with E-state index in [-0.39, 0.29) is 0 Å².